The van der Waals surface area contributed by atoms with Crippen LogP contribution >= 0.6 is 11.6 Å². The van der Waals surface area contributed by atoms with Crippen LogP contribution in [0.15, 0.2) is 24.3 Å². The number of carbonyl (C=O) groups excluding carboxylic acids is 3. The van der Waals surface area contributed by atoms with Gasteiger partial charge in [0.2, 0.25) is 11.8 Å². The van der Waals surface area contributed by atoms with Gasteiger partial charge in [0.1, 0.15) is 0 Å². The molecule has 6 nitrogen and oxygen atoms in total. The highest BCUT2D eigenvalue weighted by Crippen LogP contribution is 2.24. The number of hydrogen-bond acceptors (Lipinski definition) is 3. The first-order valence-corrected chi connectivity index (χ1v) is 9.46. The quantitative estimate of drug-likeness (QED) is 0.873. The van der Waals surface area contributed by atoms with Crippen LogP contribution in [-0.2, 0) is 9.59 Å². The van der Waals surface area contributed by atoms with E-state index >= 15 is 0 Å². The van der Waals surface area contributed by atoms with E-state index < -0.39 is 0 Å². The second-order valence-electron chi connectivity index (χ2n) is 7.10. The van der Waals surface area contributed by atoms with Crippen LogP contribution in [0.1, 0.15) is 36.0 Å². The molecule has 2 heterocycles. The molecule has 26 heavy (non-hydrogen) atoms. The maximum absolute atomic E-state index is 12.8. The van der Waals surface area contributed by atoms with E-state index in [1.165, 1.54) is 0 Å². The molecule has 0 aromatic heterocycles. The number of rotatable bonds is 3. The predicted octanol–water partition coefficient (Wildman–Crippen LogP) is 1.92. The summed E-state index contributed by atoms with van der Waals surface area (Å²) in [4.78, 5) is 40.4. The van der Waals surface area contributed by atoms with Gasteiger partial charge in [-0.05, 0) is 49.9 Å². The van der Waals surface area contributed by atoms with Gasteiger partial charge >= 0.3 is 0 Å². The summed E-state index contributed by atoms with van der Waals surface area (Å²) in [5, 5.41) is 0.590. The van der Waals surface area contributed by atoms with Gasteiger partial charge in [0.05, 0.1) is 5.92 Å². The largest absolute Gasteiger partial charge is 0.369 e. The van der Waals surface area contributed by atoms with E-state index in [1.807, 2.05) is 4.90 Å². The molecular formula is C19H24ClN3O3. The zero-order valence-corrected chi connectivity index (χ0v) is 15.5. The number of primary amides is 1. The van der Waals surface area contributed by atoms with Crippen LogP contribution in [0.3, 0.4) is 0 Å². The number of nitrogens with zero attached hydrogens (tertiary/aromatic N) is 2. The number of likely N-dealkylation sites (tertiary alicyclic amines) is 2. The molecule has 3 amide bonds. The lowest BCUT2D eigenvalue weighted by Crippen LogP contribution is -2.49. The van der Waals surface area contributed by atoms with Gasteiger partial charge < -0.3 is 15.5 Å². The molecule has 2 aliphatic rings. The summed E-state index contributed by atoms with van der Waals surface area (Å²) in [6.07, 6.45) is 2.86. The third kappa shape index (κ3) is 4.18. The molecule has 7 heteroatoms. The average Bonchev–Trinajstić information content (AvgIpc) is 2.67. The molecule has 0 saturated carbocycles. The minimum absolute atomic E-state index is 0.0633. The Labute approximate surface area is 158 Å². The Balaban J connectivity index is 1.59. The van der Waals surface area contributed by atoms with E-state index in [-0.39, 0.29) is 29.6 Å². The molecule has 0 aliphatic carbocycles. The fraction of sp³-hybridized carbons (Fsp3) is 0.526. The van der Waals surface area contributed by atoms with Crippen molar-refractivity contribution in [1.82, 2.24) is 9.80 Å². The van der Waals surface area contributed by atoms with Crippen molar-refractivity contribution >= 4 is 29.3 Å². The maximum Gasteiger partial charge on any atom is 0.253 e. The van der Waals surface area contributed by atoms with Crippen LogP contribution < -0.4 is 5.73 Å². The minimum atomic E-state index is -0.283. The second kappa shape index (κ2) is 8.08. The van der Waals surface area contributed by atoms with Gasteiger partial charge in [-0.3, -0.25) is 14.4 Å². The highest BCUT2D eigenvalue weighted by Gasteiger charge is 2.33. The number of benzene rings is 1. The van der Waals surface area contributed by atoms with Crippen molar-refractivity contribution in [3.05, 3.63) is 34.9 Å². The van der Waals surface area contributed by atoms with E-state index in [0.29, 0.717) is 49.6 Å². The molecule has 0 spiro atoms. The Morgan fingerprint density at radius 3 is 2.19 bits per heavy atom. The molecule has 2 saturated heterocycles. The van der Waals surface area contributed by atoms with Gasteiger partial charge in [-0.2, -0.15) is 0 Å². The van der Waals surface area contributed by atoms with E-state index in [0.717, 1.165) is 12.8 Å². The number of nitrogens with two attached hydrogens (primary N) is 1. The Morgan fingerprint density at radius 1 is 0.923 bits per heavy atom. The SMILES string of the molecule is NC(=O)C1CCN(C(=O)C2CCCN(C(=O)c3ccc(Cl)cc3)C2)CC1. The van der Waals surface area contributed by atoms with Gasteiger partial charge in [0.25, 0.3) is 5.91 Å². The van der Waals surface area contributed by atoms with Crippen molar-refractivity contribution in [3.8, 4) is 0 Å². The Kier molecular flexibility index (Phi) is 5.81. The highest BCUT2D eigenvalue weighted by molar-refractivity contribution is 6.30. The minimum Gasteiger partial charge on any atom is -0.369 e. The fourth-order valence-electron chi connectivity index (χ4n) is 3.78. The third-order valence-electron chi connectivity index (χ3n) is 5.36. The average molecular weight is 378 g/mol. The Morgan fingerprint density at radius 2 is 1.58 bits per heavy atom. The molecule has 2 aliphatic heterocycles. The van der Waals surface area contributed by atoms with Crippen molar-refractivity contribution in [2.45, 2.75) is 25.7 Å². The molecule has 1 aromatic rings. The van der Waals surface area contributed by atoms with Gasteiger partial charge in [0.15, 0.2) is 0 Å². The number of amides is 3. The van der Waals surface area contributed by atoms with E-state index in [9.17, 15) is 14.4 Å². The zero-order valence-electron chi connectivity index (χ0n) is 14.7. The van der Waals surface area contributed by atoms with Crippen LogP contribution in [0, 0.1) is 11.8 Å². The molecule has 3 rings (SSSR count). The molecule has 2 fully saturated rings. The molecule has 0 radical (unpaired) electrons. The fourth-order valence-corrected chi connectivity index (χ4v) is 3.91. The zero-order chi connectivity index (χ0) is 18.7. The van der Waals surface area contributed by atoms with Crippen LogP contribution in [0.25, 0.3) is 0 Å². The molecule has 1 unspecified atom stereocenters. The van der Waals surface area contributed by atoms with Gasteiger partial charge in [-0.1, -0.05) is 11.6 Å². The topological polar surface area (TPSA) is 83.7 Å². The molecular weight excluding hydrogens is 354 g/mol. The highest BCUT2D eigenvalue weighted by atomic mass is 35.5. The number of piperidine rings is 2. The standard InChI is InChI=1S/C19H24ClN3O3/c20-16-5-3-14(4-6-16)18(25)23-9-1-2-15(12-23)19(26)22-10-7-13(8-11-22)17(21)24/h3-6,13,15H,1-2,7-12H2,(H2,21,24). The molecule has 1 atom stereocenters. The smallest absolute Gasteiger partial charge is 0.253 e. The van der Waals surface area contributed by atoms with E-state index in [1.54, 1.807) is 29.2 Å². The summed E-state index contributed by atoms with van der Waals surface area (Å²) in [6.45, 7) is 2.23. The first kappa shape index (κ1) is 18.7. The third-order valence-corrected chi connectivity index (χ3v) is 5.61. The summed E-state index contributed by atoms with van der Waals surface area (Å²) in [5.74, 6) is -0.568. The summed E-state index contributed by atoms with van der Waals surface area (Å²) in [5.41, 5.74) is 5.94. The number of carbonyl (C=O) groups is 3. The molecule has 140 valence electrons. The normalized spacial score (nSPS) is 21.5. The van der Waals surface area contributed by atoms with E-state index in [2.05, 4.69) is 0 Å². The number of hydrogen-bond donors (Lipinski definition) is 1. The molecule has 2 N–H and O–H groups in total. The Bertz CT molecular complexity index is 684. The molecule has 1 aromatic carbocycles. The van der Waals surface area contributed by atoms with Crippen molar-refractivity contribution in [2.24, 2.45) is 17.6 Å². The molecule has 0 bridgehead atoms. The van der Waals surface area contributed by atoms with Crippen LogP contribution in [0.2, 0.25) is 5.02 Å². The lowest BCUT2D eigenvalue weighted by Gasteiger charge is -2.37. The van der Waals surface area contributed by atoms with Crippen LogP contribution in [0.5, 0.6) is 0 Å². The van der Waals surface area contributed by atoms with Gasteiger partial charge in [-0.15, -0.1) is 0 Å². The van der Waals surface area contributed by atoms with Crippen molar-refractivity contribution in [2.75, 3.05) is 26.2 Å². The van der Waals surface area contributed by atoms with Crippen molar-refractivity contribution in [3.63, 3.8) is 0 Å². The predicted molar refractivity (Wildman–Crippen MR) is 98.6 cm³/mol. The lowest BCUT2D eigenvalue weighted by atomic mass is 9.92. The van der Waals surface area contributed by atoms with Crippen molar-refractivity contribution < 1.29 is 14.4 Å². The van der Waals surface area contributed by atoms with Crippen LogP contribution in [0.4, 0.5) is 0 Å². The van der Waals surface area contributed by atoms with Crippen LogP contribution in [-0.4, -0.2) is 53.7 Å². The second-order valence-corrected chi connectivity index (χ2v) is 7.54. The maximum atomic E-state index is 12.8. The first-order valence-electron chi connectivity index (χ1n) is 9.08. The Hall–Kier alpha value is -2.08. The monoisotopic (exact) mass is 377 g/mol. The lowest BCUT2D eigenvalue weighted by molar-refractivity contribution is -0.139. The summed E-state index contributed by atoms with van der Waals surface area (Å²) in [6, 6.07) is 6.82. The summed E-state index contributed by atoms with van der Waals surface area (Å²) >= 11 is 5.88. The van der Waals surface area contributed by atoms with Gasteiger partial charge in [-0.25, -0.2) is 0 Å². The first-order chi connectivity index (χ1) is 12.5. The number of halogens is 1. The van der Waals surface area contributed by atoms with Gasteiger partial charge in [0, 0.05) is 42.7 Å². The summed E-state index contributed by atoms with van der Waals surface area (Å²) in [7, 11) is 0. The van der Waals surface area contributed by atoms with E-state index in [4.69, 9.17) is 17.3 Å². The van der Waals surface area contributed by atoms with Crippen molar-refractivity contribution in [1.29, 1.82) is 0 Å². The summed E-state index contributed by atoms with van der Waals surface area (Å²) < 4.78 is 0.